The molecule has 0 unspecified atom stereocenters. The van der Waals surface area contributed by atoms with Crippen LogP contribution in [0.25, 0.3) is 0 Å². The molecule has 4 heterocycles. The van der Waals surface area contributed by atoms with Crippen LogP contribution in [-0.4, -0.2) is 64.1 Å². The lowest BCUT2D eigenvalue weighted by Crippen LogP contribution is -2.61. The maximum Gasteiger partial charge on any atom is 0.274 e. The monoisotopic (exact) mass is 344 g/mol. The van der Waals surface area contributed by atoms with E-state index in [1.807, 2.05) is 4.90 Å². The summed E-state index contributed by atoms with van der Waals surface area (Å²) < 4.78 is 5.93. The third-order valence-electron chi connectivity index (χ3n) is 4.67. The van der Waals surface area contributed by atoms with Crippen molar-refractivity contribution >= 4 is 17.2 Å². The number of nitrogens with zero attached hydrogens (tertiary/aromatic N) is 4. The van der Waals surface area contributed by atoms with Gasteiger partial charge in [0.1, 0.15) is 5.69 Å². The van der Waals surface area contributed by atoms with Crippen LogP contribution in [0.15, 0.2) is 36.1 Å². The number of likely N-dealkylation sites (tertiary alicyclic amines) is 1. The molecule has 1 amide bonds. The summed E-state index contributed by atoms with van der Waals surface area (Å²) in [7, 11) is 0. The summed E-state index contributed by atoms with van der Waals surface area (Å²) in [6, 6.07) is 4.33. The molecule has 4 rings (SSSR count). The molecule has 7 heteroatoms. The summed E-state index contributed by atoms with van der Waals surface area (Å²) in [6.07, 6.45) is 5.77. The highest BCUT2D eigenvalue weighted by atomic mass is 32.1. The van der Waals surface area contributed by atoms with Gasteiger partial charge >= 0.3 is 0 Å². The molecule has 2 aromatic rings. The Hall–Kier alpha value is -1.83. The lowest BCUT2D eigenvalue weighted by molar-refractivity contribution is -0.0914. The van der Waals surface area contributed by atoms with E-state index >= 15 is 0 Å². The van der Waals surface area contributed by atoms with Crippen molar-refractivity contribution < 1.29 is 9.53 Å². The average molecular weight is 344 g/mol. The molecular formula is C17H20N4O2S. The zero-order valence-electron chi connectivity index (χ0n) is 13.4. The van der Waals surface area contributed by atoms with E-state index in [9.17, 15) is 4.79 Å². The summed E-state index contributed by atoms with van der Waals surface area (Å²) >= 11 is 1.78. The van der Waals surface area contributed by atoms with Crippen LogP contribution in [0.3, 0.4) is 0 Å². The van der Waals surface area contributed by atoms with E-state index in [0.717, 1.165) is 26.1 Å². The van der Waals surface area contributed by atoms with Crippen molar-refractivity contribution in [2.45, 2.75) is 25.1 Å². The van der Waals surface area contributed by atoms with E-state index in [1.54, 1.807) is 29.9 Å². The van der Waals surface area contributed by atoms with Crippen LogP contribution < -0.4 is 0 Å². The Labute approximate surface area is 145 Å². The Balaban J connectivity index is 1.49. The maximum absolute atomic E-state index is 12.8. The van der Waals surface area contributed by atoms with E-state index in [1.165, 1.54) is 4.88 Å². The highest BCUT2D eigenvalue weighted by Crippen LogP contribution is 2.26. The van der Waals surface area contributed by atoms with Crippen molar-refractivity contribution in [3.05, 3.63) is 46.7 Å². The Morgan fingerprint density at radius 1 is 1.38 bits per heavy atom. The number of aromatic nitrogens is 2. The molecule has 2 aromatic heterocycles. The van der Waals surface area contributed by atoms with Crippen molar-refractivity contribution in [3.63, 3.8) is 0 Å². The zero-order chi connectivity index (χ0) is 16.4. The number of ether oxygens (including phenoxy) is 1. The summed E-state index contributed by atoms with van der Waals surface area (Å²) in [5.74, 6) is -0.0422. The fraction of sp³-hybridized carbons (Fsp3) is 0.471. The molecule has 0 saturated carbocycles. The number of thiophene rings is 1. The van der Waals surface area contributed by atoms with Gasteiger partial charge in [0.05, 0.1) is 24.9 Å². The van der Waals surface area contributed by atoms with Gasteiger partial charge < -0.3 is 9.64 Å². The van der Waals surface area contributed by atoms with Gasteiger partial charge in [-0.3, -0.25) is 14.7 Å². The fourth-order valence-electron chi connectivity index (χ4n) is 3.51. The van der Waals surface area contributed by atoms with Crippen LogP contribution in [0.4, 0.5) is 0 Å². The maximum atomic E-state index is 12.8. The molecule has 0 N–H and O–H groups in total. The second-order valence-electron chi connectivity index (χ2n) is 6.17. The van der Waals surface area contributed by atoms with Crippen molar-refractivity contribution in [2.75, 3.05) is 26.2 Å². The first-order valence-corrected chi connectivity index (χ1v) is 9.12. The molecule has 24 heavy (non-hydrogen) atoms. The van der Waals surface area contributed by atoms with Crippen LogP contribution >= 0.6 is 11.3 Å². The SMILES string of the molecule is O=C(c1cnccn1)N1CCO[C@H]2CCN(Cc3cccs3)C[C@@H]21. The van der Waals surface area contributed by atoms with Crippen LogP contribution in [0, 0.1) is 0 Å². The highest BCUT2D eigenvalue weighted by Gasteiger charge is 2.39. The Bertz CT molecular complexity index is 679. The summed E-state index contributed by atoms with van der Waals surface area (Å²) in [4.78, 5) is 26.7. The molecular weight excluding hydrogens is 324 g/mol. The summed E-state index contributed by atoms with van der Waals surface area (Å²) in [5, 5.41) is 2.11. The molecule has 0 radical (unpaired) electrons. The second kappa shape index (κ2) is 6.96. The molecule has 0 bridgehead atoms. The quantitative estimate of drug-likeness (QED) is 0.847. The minimum absolute atomic E-state index is 0.0422. The summed E-state index contributed by atoms with van der Waals surface area (Å²) in [5.41, 5.74) is 0.411. The van der Waals surface area contributed by atoms with Gasteiger partial charge in [-0.1, -0.05) is 6.07 Å². The number of carbonyl (C=O) groups excluding carboxylic acids is 1. The third kappa shape index (κ3) is 3.19. The van der Waals surface area contributed by atoms with Crippen LogP contribution in [0.1, 0.15) is 21.8 Å². The normalized spacial score (nSPS) is 24.6. The van der Waals surface area contributed by atoms with Crippen molar-refractivity contribution in [1.29, 1.82) is 0 Å². The van der Waals surface area contributed by atoms with Gasteiger partial charge in [0.15, 0.2) is 0 Å². The predicted octanol–water partition coefficient (Wildman–Crippen LogP) is 1.65. The van der Waals surface area contributed by atoms with Crippen molar-refractivity contribution in [1.82, 2.24) is 19.8 Å². The second-order valence-corrected chi connectivity index (χ2v) is 7.20. The summed E-state index contributed by atoms with van der Waals surface area (Å²) in [6.45, 7) is 4.00. The smallest absolute Gasteiger partial charge is 0.274 e. The Morgan fingerprint density at radius 2 is 2.33 bits per heavy atom. The van der Waals surface area contributed by atoms with E-state index in [-0.39, 0.29) is 18.1 Å². The first kappa shape index (κ1) is 15.7. The number of piperidine rings is 1. The lowest BCUT2D eigenvalue weighted by Gasteiger charge is -2.46. The minimum atomic E-state index is -0.0422. The van der Waals surface area contributed by atoms with E-state index in [4.69, 9.17) is 4.74 Å². The molecule has 2 aliphatic rings. The molecule has 126 valence electrons. The largest absolute Gasteiger partial charge is 0.374 e. The number of fused-ring (bicyclic) bond motifs is 1. The molecule has 0 aliphatic carbocycles. The van der Waals surface area contributed by atoms with Crippen molar-refractivity contribution in [3.8, 4) is 0 Å². The number of carbonyl (C=O) groups is 1. The van der Waals surface area contributed by atoms with Crippen LogP contribution in [0.5, 0.6) is 0 Å². The number of rotatable bonds is 3. The first-order chi connectivity index (χ1) is 11.8. The Morgan fingerprint density at radius 3 is 3.12 bits per heavy atom. The molecule has 0 spiro atoms. The molecule has 2 saturated heterocycles. The standard InChI is InChI=1S/C17H20N4O2S/c22-17(14-10-18-4-5-19-14)21-7-8-23-16-3-6-20(12-15(16)21)11-13-2-1-9-24-13/h1-2,4-5,9-10,15-16H,3,6-8,11-12H2/t15-,16-/m0/s1. The van der Waals surface area contributed by atoms with Gasteiger partial charge in [0, 0.05) is 43.4 Å². The fourth-order valence-corrected chi connectivity index (χ4v) is 4.26. The Kier molecular flexibility index (Phi) is 4.55. The third-order valence-corrected chi connectivity index (χ3v) is 5.53. The van der Waals surface area contributed by atoms with Gasteiger partial charge in [-0.05, 0) is 17.9 Å². The minimum Gasteiger partial charge on any atom is -0.374 e. The van der Waals surface area contributed by atoms with Gasteiger partial charge in [0.2, 0.25) is 0 Å². The van der Waals surface area contributed by atoms with E-state index < -0.39 is 0 Å². The van der Waals surface area contributed by atoms with Gasteiger partial charge in [-0.25, -0.2) is 4.98 Å². The highest BCUT2D eigenvalue weighted by molar-refractivity contribution is 7.09. The number of amides is 1. The van der Waals surface area contributed by atoms with E-state index in [2.05, 4.69) is 32.4 Å². The van der Waals surface area contributed by atoms with E-state index in [0.29, 0.717) is 18.8 Å². The van der Waals surface area contributed by atoms with Crippen LogP contribution in [0.2, 0.25) is 0 Å². The molecule has 2 aliphatic heterocycles. The topological polar surface area (TPSA) is 58.6 Å². The first-order valence-electron chi connectivity index (χ1n) is 8.24. The molecule has 0 aromatic carbocycles. The van der Waals surface area contributed by atoms with Gasteiger partial charge in [-0.15, -0.1) is 11.3 Å². The number of morpholine rings is 1. The zero-order valence-corrected chi connectivity index (χ0v) is 14.2. The average Bonchev–Trinajstić information content (AvgIpc) is 3.14. The van der Waals surface area contributed by atoms with Crippen LogP contribution in [-0.2, 0) is 11.3 Å². The number of hydrogen-bond acceptors (Lipinski definition) is 6. The molecule has 2 fully saturated rings. The lowest BCUT2D eigenvalue weighted by atomic mass is 9.98. The van der Waals surface area contributed by atoms with Gasteiger partial charge in [-0.2, -0.15) is 0 Å². The predicted molar refractivity (Wildman–Crippen MR) is 90.8 cm³/mol. The van der Waals surface area contributed by atoms with Gasteiger partial charge in [0.25, 0.3) is 5.91 Å². The number of hydrogen-bond donors (Lipinski definition) is 0. The molecule has 6 nitrogen and oxygen atoms in total. The molecule has 2 atom stereocenters. The van der Waals surface area contributed by atoms with Crippen molar-refractivity contribution in [2.24, 2.45) is 0 Å².